The summed E-state index contributed by atoms with van der Waals surface area (Å²) in [6.45, 7) is 4.90. The Hall–Kier alpha value is -1.93. The van der Waals surface area contributed by atoms with E-state index in [-0.39, 0.29) is 12.4 Å². The van der Waals surface area contributed by atoms with Crippen LogP contribution < -0.4 is 10.2 Å². The predicted octanol–water partition coefficient (Wildman–Crippen LogP) is 4.25. The standard InChI is InChI=1S/C17H20BrN3O3S/c1-3-7-24-15-6-5-12(8-14(15)18)10-19-21-17-20-13(11-25-17)9-16(22)23-4-2/h5-6,8,10-11H,3-4,7,9H2,1-2H3,(H,20,21). The Morgan fingerprint density at radius 1 is 1.44 bits per heavy atom. The van der Waals surface area contributed by atoms with Gasteiger partial charge in [-0.3, -0.25) is 10.2 Å². The van der Waals surface area contributed by atoms with Crippen molar-refractivity contribution in [2.75, 3.05) is 18.6 Å². The summed E-state index contributed by atoms with van der Waals surface area (Å²) in [5, 5.41) is 6.60. The monoisotopic (exact) mass is 425 g/mol. The second-order valence-corrected chi connectivity index (χ2v) is 6.75. The molecule has 1 heterocycles. The number of nitrogens with zero attached hydrogens (tertiary/aromatic N) is 2. The van der Waals surface area contributed by atoms with E-state index in [1.807, 2.05) is 23.6 Å². The van der Waals surface area contributed by atoms with Crippen molar-refractivity contribution in [3.8, 4) is 5.75 Å². The van der Waals surface area contributed by atoms with E-state index >= 15 is 0 Å². The Morgan fingerprint density at radius 2 is 2.28 bits per heavy atom. The molecule has 0 aliphatic carbocycles. The predicted molar refractivity (Wildman–Crippen MR) is 104 cm³/mol. The van der Waals surface area contributed by atoms with Gasteiger partial charge in [0.2, 0.25) is 5.13 Å². The van der Waals surface area contributed by atoms with Crippen LogP contribution in [0.15, 0.2) is 33.2 Å². The Morgan fingerprint density at radius 3 is 3.00 bits per heavy atom. The zero-order valence-electron chi connectivity index (χ0n) is 14.1. The minimum absolute atomic E-state index is 0.169. The number of hydrogen-bond acceptors (Lipinski definition) is 7. The van der Waals surface area contributed by atoms with E-state index in [4.69, 9.17) is 9.47 Å². The molecule has 0 saturated heterocycles. The second kappa shape index (κ2) is 10.1. The summed E-state index contributed by atoms with van der Waals surface area (Å²) >= 11 is 4.88. The minimum atomic E-state index is -0.280. The van der Waals surface area contributed by atoms with Crippen LogP contribution in [-0.2, 0) is 16.0 Å². The molecule has 0 unspecified atom stereocenters. The fourth-order valence-corrected chi connectivity index (χ4v) is 3.06. The van der Waals surface area contributed by atoms with E-state index in [9.17, 15) is 4.79 Å². The first-order chi connectivity index (χ1) is 12.1. The van der Waals surface area contributed by atoms with Gasteiger partial charge in [0.25, 0.3) is 0 Å². The molecule has 2 aromatic rings. The number of ether oxygens (including phenoxy) is 2. The van der Waals surface area contributed by atoms with Crippen molar-refractivity contribution < 1.29 is 14.3 Å². The summed E-state index contributed by atoms with van der Waals surface area (Å²) < 4.78 is 11.4. The van der Waals surface area contributed by atoms with Gasteiger partial charge in [0.15, 0.2) is 0 Å². The van der Waals surface area contributed by atoms with Gasteiger partial charge in [-0.05, 0) is 53.0 Å². The third kappa shape index (κ3) is 6.47. The fourth-order valence-electron chi connectivity index (χ4n) is 1.89. The lowest BCUT2D eigenvalue weighted by molar-refractivity contribution is -0.142. The topological polar surface area (TPSA) is 72.8 Å². The maximum absolute atomic E-state index is 11.4. The smallest absolute Gasteiger partial charge is 0.311 e. The quantitative estimate of drug-likeness (QED) is 0.369. The van der Waals surface area contributed by atoms with Crippen LogP contribution in [0.3, 0.4) is 0 Å². The van der Waals surface area contributed by atoms with Gasteiger partial charge < -0.3 is 9.47 Å². The molecule has 0 bridgehead atoms. The molecule has 0 aliphatic heterocycles. The van der Waals surface area contributed by atoms with Crippen LogP contribution in [0.4, 0.5) is 5.13 Å². The van der Waals surface area contributed by atoms with Gasteiger partial charge in [0.05, 0.1) is 36.0 Å². The van der Waals surface area contributed by atoms with Crippen molar-refractivity contribution in [3.63, 3.8) is 0 Å². The summed E-state index contributed by atoms with van der Waals surface area (Å²) in [7, 11) is 0. The summed E-state index contributed by atoms with van der Waals surface area (Å²) in [5.41, 5.74) is 4.46. The van der Waals surface area contributed by atoms with Gasteiger partial charge in [0.1, 0.15) is 5.75 Å². The maximum Gasteiger partial charge on any atom is 0.311 e. The number of esters is 1. The first-order valence-electron chi connectivity index (χ1n) is 7.93. The van der Waals surface area contributed by atoms with Gasteiger partial charge in [-0.1, -0.05) is 6.92 Å². The lowest BCUT2D eigenvalue weighted by atomic mass is 10.2. The van der Waals surface area contributed by atoms with E-state index in [1.54, 1.807) is 13.1 Å². The van der Waals surface area contributed by atoms with Gasteiger partial charge in [0, 0.05) is 5.38 Å². The lowest BCUT2D eigenvalue weighted by Crippen LogP contribution is -2.07. The molecular weight excluding hydrogens is 406 g/mol. The Kier molecular flexibility index (Phi) is 7.87. The van der Waals surface area contributed by atoms with Gasteiger partial charge in [-0.2, -0.15) is 5.10 Å². The Balaban J connectivity index is 1.89. The molecule has 0 aliphatic rings. The molecule has 25 heavy (non-hydrogen) atoms. The van der Waals surface area contributed by atoms with Crippen LogP contribution in [0.5, 0.6) is 5.75 Å². The number of anilines is 1. The highest BCUT2D eigenvalue weighted by molar-refractivity contribution is 9.10. The molecule has 0 saturated carbocycles. The first-order valence-corrected chi connectivity index (χ1v) is 9.61. The SMILES string of the molecule is CCCOc1ccc(C=NNc2nc(CC(=O)OCC)cs2)cc1Br. The Bertz CT molecular complexity index is 734. The average molecular weight is 426 g/mol. The number of aromatic nitrogens is 1. The van der Waals surface area contributed by atoms with Gasteiger partial charge in [-0.25, -0.2) is 4.98 Å². The molecule has 0 atom stereocenters. The molecular formula is C17H20BrN3O3S. The summed E-state index contributed by atoms with van der Waals surface area (Å²) in [5.74, 6) is 0.536. The van der Waals surface area contributed by atoms with Crippen molar-refractivity contribution in [2.24, 2.45) is 5.10 Å². The highest BCUT2D eigenvalue weighted by Gasteiger charge is 2.08. The van der Waals surface area contributed by atoms with E-state index in [1.165, 1.54) is 11.3 Å². The van der Waals surface area contributed by atoms with E-state index < -0.39 is 0 Å². The third-order valence-corrected chi connectivity index (χ3v) is 4.39. The molecule has 6 nitrogen and oxygen atoms in total. The van der Waals surface area contributed by atoms with Crippen molar-refractivity contribution in [1.82, 2.24) is 4.98 Å². The molecule has 1 aromatic carbocycles. The Labute approximate surface area is 159 Å². The largest absolute Gasteiger partial charge is 0.492 e. The summed E-state index contributed by atoms with van der Waals surface area (Å²) in [6.07, 6.45) is 2.83. The zero-order chi connectivity index (χ0) is 18.1. The summed E-state index contributed by atoms with van der Waals surface area (Å²) in [6, 6.07) is 5.76. The third-order valence-electron chi connectivity index (χ3n) is 2.97. The molecule has 8 heteroatoms. The lowest BCUT2D eigenvalue weighted by Gasteiger charge is -2.07. The fraction of sp³-hybridized carbons (Fsp3) is 0.353. The van der Waals surface area contributed by atoms with Crippen molar-refractivity contribution in [3.05, 3.63) is 39.3 Å². The highest BCUT2D eigenvalue weighted by atomic mass is 79.9. The molecule has 1 N–H and O–H groups in total. The van der Waals surface area contributed by atoms with E-state index in [0.29, 0.717) is 24.0 Å². The number of nitrogens with one attached hydrogen (secondary N) is 1. The molecule has 0 spiro atoms. The van der Waals surface area contributed by atoms with Crippen LogP contribution in [0.1, 0.15) is 31.5 Å². The van der Waals surface area contributed by atoms with Gasteiger partial charge >= 0.3 is 5.97 Å². The number of thiazole rings is 1. The normalized spacial score (nSPS) is 10.8. The number of halogens is 1. The minimum Gasteiger partial charge on any atom is -0.492 e. The number of benzene rings is 1. The number of rotatable bonds is 9. The van der Waals surface area contributed by atoms with Crippen LogP contribution in [0, 0.1) is 0 Å². The molecule has 0 amide bonds. The zero-order valence-corrected chi connectivity index (χ0v) is 16.5. The van der Waals surface area contributed by atoms with E-state index in [2.05, 4.69) is 38.4 Å². The molecule has 0 radical (unpaired) electrons. The number of carbonyl (C=O) groups is 1. The van der Waals surface area contributed by atoms with Crippen LogP contribution in [0.25, 0.3) is 0 Å². The molecule has 134 valence electrons. The van der Waals surface area contributed by atoms with E-state index in [0.717, 1.165) is 22.2 Å². The number of hydrazone groups is 1. The summed E-state index contributed by atoms with van der Waals surface area (Å²) in [4.78, 5) is 15.7. The average Bonchev–Trinajstić information content (AvgIpc) is 3.01. The van der Waals surface area contributed by atoms with Crippen LogP contribution in [0.2, 0.25) is 0 Å². The second-order valence-electron chi connectivity index (χ2n) is 5.03. The van der Waals surface area contributed by atoms with Crippen molar-refractivity contribution in [1.29, 1.82) is 0 Å². The molecule has 0 fully saturated rings. The van der Waals surface area contributed by atoms with Crippen LogP contribution >= 0.6 is 27.3 Å². The van der Waals surface area contributed by atoms with Crippen molar-refractivity contribution >= 4 is 44.6 Å². The van der Waals surface area contributed by atoms with Gasteiger partial charge in [-0.15, -0.1) is 11.3 Å². The number of hydrogen-bond donors (Lipinski definition) is 1. The van der Waals surface area contributed by atoms with Crippen molar-refractivity contribution in [2.45, 2.75) is 26.7 Å². The maximum atomic E-state index is 11.4. The number of carbonyl (C=O) groups excluding carboxylic acids is 1. The van der Waals surface area contributed by atoms with Crippen LogP contribution in [-0.4, -0.2) is 30.4 Å². The molecule has 1 aromatic heterocycles. The highest BCUT2D eigenvalue weighted by Crippen LogP contribution is 2.25. The molecule has 2 rings (SSSR count). The first kappa shape index (κ1) is 19.4.